The molecule has 0 aliphatic heterocycles. The Bertz CT molecular complexity index is 1470. The molecule has 3 aromatic heterocycles. The number of pyridine rings is 2. The van der Waals surface area contributed by atoms with Gasteiger partial charge in [0.05, 0.1) is 11.6 Å². The number of hydrogen-bond acceptors (Lipinski definition) is 6. The van der Waals surface area contributed by atoms with Crippen molar-refractivity contribution in [3.05, 3.63) is 86.3 Å². The van der Waals surface area contributed by atoms with Gasteiger partial charge in [0.25, 0.3) is 5.91 Å². The van der Waals surface area contributed by atoms with Crippen molar-refractivity contribution >= 4 is 28.5 Å². The number of amides is 1. The summed E-state index contributed by atoms with van der Waals surface area (Å²) in [6.45, 7) is 5.19. The van der Waals surface area contributed by atoms with Gasteiger partial charge >= 0.3 is 0 Å². The van der Waals surface area contributed by atoms with Crippen LogP contribution in [0.3, 0.4) is 0 Å². The number of nitrogens with two attached hydrogens (primary N) is 1. The van der Waals surface area contributed by atoms with E-state index in [0.717, 1.165) is 11.8 Å². The van der Waals surface area contributed by atoms with Crippen LogP contribution in [0.2, 0.25) is 5.15 Å². The Morgan fingerprint density at radius 2 is 1.97 bits per heavy atom. The first-order chi connectivity index (χ1) is 15.7. The van der Waals surface area contributed by atoms with Crippen molar-refractivity contribution in [3.8, 4) is 17.1 Å². The van der Waals surface area contributed by atoms with Crippen LogP contribution in [-0.4, -0.2) is 15.9 Å². The topological polar surface area (TPSA) is 108 Å². The average molecular weight is 468 g/mol. The Hall–Kier alpha value is -3.78. The van der Waals surface area contributed by atoms with E-state index in [1.165, 1.54) is 24.4 Å². The third-order valence-corrected chi connectivity index (χ3v) is 5.37. The first-order valence-electron chi connectivity index (χ1n) is 9.97. The van der Waals surface area contributed by atoms with Gasteiger partial charge in [-0.1, -0.05) is 11.6 Å². The fourth-order valence-corrected chi connectivity index (χ4v) is 3.78. The van der Waals surface area contributed by atoms with Crippen LogP contribution in [0.4, 0.5) is 4.39 Å². The van der Waals surface area contributed by atoms with Crippen LogP contribution in [0.1, 0.15) is 40.2 Å². The lowest BCUT2D eigenvalue weighted by atomic mass is 10.00. The molecule has 4 rings (SSSR count). The standard InChI is InChI=1S/C24H19ClFN3O4/c1-11-6-16(13(3)32-18-4-5-19(25)29-20(18)24(27)31)23-17(7-11)21(30)12(2)22(33-23)14-8-15(26)10-28-9-14/h4-10,13H,1-3H3,(H2,27,31)/t13-/m1/s1. The fourth-order valence-electron chi connectivity index (χ4n) is 3.63. The van der Waals surface area contributed by atoms with Crippen LogP contribution in [0.15, 0.2) is 51.9 Å². The van der Waals surface area contributed by atoms with Crippen LogP contribution in [0.25, 0.3) is 22.3 Å². The van der Waals surface area contributed by atoms with Crippen molar-refractivity contribution in [2.24, 2.45) is 5.73 Å². The molecule has 168 valence electrons. The minimum absolute atomic E-state index is 0.0969. The molecule has 0 bridgehead atoms. The third-order valence-electron chi connectivity index (χ3n) is 5.16. The number of aryl methyl sites for hydroxylation is 1. The highest BCUT2D eigenvalue weighted by atomic mass is 35.5. The molecule has 9 heteroatoms. The highest BCUT2D eigenvalue weighted by Gasteiger charge is 2.22. The van der Waals surface area contributed by atoms with E-state index >= 15 is 0 Å². The minimum atomic E-state index is -0.795. The SMILES string of the molecule is Cc1cc([C@@H](C)Oc2ccc(Cl)nc2C(N)=O)c2oc(-c3cncc(F)c3)c(C)c(=O)c2c1. The van der Waals surface area contributed by atoms with Crippen LogP contribution >= 0.6 is 11.6 Å². The minimum Gasteiger partial charge on any atom is -0.483 e. The molecule has 0 saturated carbocycles. The normalized spacial score (nSPS) is 12.0. The smallest absolute Gasteiger partial charge is 0.271 e. The average Bonchev–Trinajstić information content (AvgIpc) is 2.77. The maximum absolute atomic E-state index is 13.8. The van der Waals surface area contributed by atoms with Gasteiger partial charge in [0.15, 0.2) is 16.9 Å². The Morgan fingerprint density at radius 1 is 1.21 bits per heavy atom. The number of primary amides is 1. The number of nitrogens with zero attached hydrogens (tertiary/aromatic N) is 2. The van der Waals surface area contributed by atoms with E-state index in [1.807, 2.05) is 13.0 Å². The van der Waals surface area contributed by atoms with Gasteiger partial charge in [-0.15, -0.1) is 0 Å². The summed E-state index contributed by atoms with van der Waals surface area (Å²) in [5.41, 5.74) is 7.36. The third kappa shape index (κ3) is 4.29. The molecule has 1 atom stereocenters. The zero-order chi connectivity index (χ0) is 23.9. The van der Waals surface area contributed by atoms with Gasteiger partial charge in [-0.3, -0.25) is 14.6 Å². The number of carbonyl (C=O) groups excluding carboxylic acids is 1. The van der Waals surface area contributed by atoms with Crippen LogP contribution in [0, 0.1) is 19.7 Å². The molecule has 0 aliphatic carbocycles. The number of carbonyl (C=O) groups is 1. The summed E-state index contributed by atoms with van der Waals surface area (Å²) in [6.07, 6.45) is 1.82. The summed E-state index contributed by atoms with van der Waals surface area (Å²) in [5, 5.41) is 0.454. The van der Waals surface area contributed by atoms with Crippen molar-refractivity contribution in [1.82, 2.24) is 9.97 Å². The summed E-state index contributed by atoms with van der Waals surface area (Å²) in [5.74, 6) is -0.998. The first kappa shape index (κ1) is 22.4. The number of aromatic nitrogens is 2. The lowest BCUT2D eigenvalue weighted by Crippen LogP contribution is -2.17. The van der Waals surface area contributed by atoms with Crippen molar-refractivity contribution in [2.75, 3.05) is 0 Å². The van der Waals surface area contributed by atoms with Gasteiger partial charge in [-0.05, 0) is 56.7 Å². The van der Waals surface area contributed by atoms with Gasteiger partial charge in [0.1, 0.15) is 28.4 Å². The van der Waals surface area contributed by atoms with Crippen molar-refractivity contribution in [1.29, 1.82) is 0 Å². The summed E-state index contributed by atoms with van der Waals surface area (Å²) in [4.78, 5) is 32.8. The molecule has 7 nitrogen and oxygen atoms in total. The summed E-state index contributed by atoms with van der Waals surface area (Å²) >= 11 is 5.88. The van der Waals surface area contributed by atoms with Crippen molar-refractivity contribution in [3.63, 3.8) is 0 Å². The molecular formula is C24H19ClFN3O4. The van der Waals surface area contributed by atoms with Crippen LogP contribution in [-0.2, 0) is 0 Å². The second-order valence-corrected chi connectivity index (χ2v) is 8.00. The summed E-state index contributed by atoms with van der Waals surface area (Å²) < 4.78 is 25.9. The number of rotatable bonds is 5. The second-order valence-electron chi connectivity index (χ2n) is 7.61. The monoisotopic (exact) mass is 467 g/mol. The number of fused-ring (bicyclic) bond motifs is 1. The molecule has 0 unspecified atom stereocenters. The predicted molar refractivity (Wildman–Crippen MR) is 122 cm³/mol. The molecule has 3 heterocycles. The summed E-state index contributed by atoms with van der Waals surface area (Å²) in [6, 6.07) is 7.75. The predicted octanol–water partition coefficient (Wildman–Crippen LogP) is 4.90. The van der Waals surface area contributed by atoms with E-state index in [4.69, 9.17) is 26.5 Å². The number of hydrogen-bond donors (Lipinski definition) is 1. The molecule has 33 heavy (non-hydrogen) atoms. The molecule has 0 spiro atoms. The lowest BCUT2D eigenvalue weighted by Gasteiger charge is -2.19. The second kappa shape index (κ2) is 8.63. The maximum Gasteiger partial charge on any atom is 0.271 e. The number of halogens is 2. The zero-order valence-corrected chi connectivity index (χ0v) is 18.7. The highest BCUT2D eigenvalue weighted by Crippen LogP contribution is 2.33. The Kier molecular flexibility index (Phi) is 5.86. The quantitative estimate of drug-likeness (QED) is 0.418. The Morgan fingerprint density at radius 3 is 2.67 bits per heavy atom. The molecule has 4 aromatic rings. The van der Waals surface area contributed by atoms with Gasteiger partial charge in [0.2, 0.25) is 0 Å². The van der Waals surface area contributed by atoms with Gasteiger partial charge in [-0.2, -0.15) is 0 Å². The van der Waals surface area contributed by atoms with E-state index in [1.54, 1.807) is 19.9 Å². The van der Waals surface area contributed by atoms with Crippen LogP contribution in [0.5, 0.6) is 5.75 Å². The highest BCUT2D eigenvalue weighted by molar-refractivity contribution is 6.29. The molecule has 1 amide bonds. The van der Waals surface area contributed by atoms with Gasteiger partial charge in [0, 0.05) is 22.9 Å². The lowest BCUT2D eigenvalue weighted by molar-refractivity contribution is 0.0988. The van der Waals surface area contributed by atoms with Crippen molar-refractivity contribution < 1.29 is 18.3 Å². The molecule has 1 aromatic carbocycles. The number of benzene rings is 1. The fraction of sp³-hybridized carbons (Fsp3) is 0.167. The molecule has 0 fully saturated rings. The Balaban J connectivity index is 1.89. The van der Waals surface area contributed by atoms with Gasteiger partial charge < -0.3 is 14.9 Å². The van der Waals surface area contributed by atoms with E-state index in [2.05, 4.69) is 9.97 Å². The zero-order valence-electron chi connectivity index (χ0n) is 18.0. The van der Waals surface area contributed by atoms with Crippen LogP contribution < -0.4 is 15.9 Å². The van der Waals surface area contributed by atoms with Gasteiger partial charge in [-0.25, -0.2) is 9.37 Å². The summed E-state index contributed by atoms with van der Waals surface area (Å²) in [7, 11) is 0. The maximum atomic E-state index is 13.8. The molecular weight excluding hydrogens is 449 g/mol. The largest absolute Gasteiger partial charge is 0.483 e. The Labute approximate surface area is 193 Å². The van der Waals surface area contributed by atoms with E-state index < -0.39 is 17.8 Å². The molecule has 0 aliphatic rings. The van der Waals surface area contributed by atoms with E-state index in [0.29, 0.717) is 22.1 Å². The molecule has 0 radical (unpaired) electrons. The number of ether oxygens (including phenoxy) is 1. The molecule has 2 N–H and O–H groups in total. The molecule has 0 saturated heterocycles. The van der Waals surface area contributed by atoms with E-state index in [-0.39, 0.29) is 33.4 Å². The van der Waals surface area contributed by atoms with Crippen molar-refractivity contribution in [2.45, 2.75) is 26.9 Å². The van der Waals surface area contributed by atoms with E-state index in [9.17, 15) is 14.0 Å². The first-order valence-corrected chi connectivity index (χ1v) is 10.4.